The van der Waals surface area contributed by atoms with Gasteiger partial charge < -0.3 is 5.32 Å². The van der Waals surface area contributed by atoms with Crippen molar-refractivity contribution >= 4 is 5.82 Å². The molecular formula is C16H22N4. The van der Waals surface area contributed by atoms with Crippen LogP contribution in [-0.4, -0.2) is 21.3 Å². The van der Waals surface area contributed by atoms with Crippen molar-refractivity contribution in [2.24, 2.45) is 5.41 Å². The lowest BCUT2D eigenvalue weighted by atomic mass is 9.91. The number of hydrogen-bond donors (Lipinski definition) is 1. The molecule has 0 fully saturated rings. The molecule has 0 radical (unpaired) electrons. The number of pyridine rings is 1. The van der Waals surface area contributed by atoms with Gasteiger partial charge in [0.05, 0.1) is 12.2 Å². The second-order valence-corrected chi connectivity index (χ2v) is 6.80. The smallest absolute Gasteiger partial charge is 0.124 e. The van der Waals surface area contributed by atoms with Crippen LogP contribution in [0.4, 0.5) is 5.82 Å². The lowest BCUT2D eigenvalue weighted by molar-refractivity contribution is 0.401. The van der Waals surface area contributed by atoms with Gasteiger partial charge in [-0.25, -0.2) is 4.68 Å². The van der Waals surface area contributed by atoms with Crippen LogP contribution in [0.1, 0.15) is 37.9 Å². The number of nitrogens with one attached hydrogen (secondary N) is 1. The molecule has 3 heterocycles. The van der Waals surface area contributed by atoms with Crippen LogP contribution in [0.15, 0.2) is 30.6 Å². The number of rotatable bonds is 2. The lowest BCUT2D eigenvalue weighted by Gasteiger charge is -2.25. The minimum Gasteiger partial charge on any atom is -0.370 e. The van der Waals surface area contributed by atoms with Gasteiger partial charge in [0.15, 0.2) is 0 Å². The van der Waals surface area contributed by atoms with E-state index in [1.165, 1.54) is 11.3 Å². The molecule has 0 spiro atoms. The Labute approximate surface area is 120 Å². The zero-order valence-electron chi connectivity index (χ0n) is 12.4. The van der Waals surface area contributed by atoms with E-state index >= 15 is 0 Å². The average Bonchev–Trinajstić information content (AvgIpc) is 2.78. The minimum atomic E-state index is 0.273. The molecule has 2 aromatic heterocycles. The van der Waals surface area contributed by atoms with Gasteiger partial charge in [0.1, 0.15) is 5.82 Å². The maximum absolute atomic E-state index is 4.75. The van der Waals surface area contributed by atoms with Crippen molar-refractivity contribution in [3.05, 3.63) is 41.9 Å². The molecule has 1 N–H and O–H groups in total. The fraction of sp³-hybridized carbons (Fsp3) is 0.500. The molecule has 0 aliphatic carbocycles. The molecule has 4 heteroatoms. The Kier molecular flexibility index (Phi) is 3.24. The van der Waals surface area contributed by atoms with E-state index in [-0.39, 0.29) is 5.41 Å². The Hall–Kier alpha value is -1.84. The Morgan fingerprint density at radius 2 is 2.05 bits per heavy atom. The van der Waals surface area contributed by atoms with Crippen LogP contribution in [0.25, 0.3) is 0 Å². The number of fused-ring (bicyclic) bond motifs is 1. The summed E-state index contributed by atoms with van der Waals surface area (Å²) in [4.78, 5) is 4.09. The van der Waals surface area contributed by atoms with Crippen molar-refractivity contribution in [2.45, 2.75) is 39.7 Å². The highest BCUT2D eigenvalue weighted by Gasteiger charge is 2.22. The summed E-state index contributed by atoms with van der Waals surface area (Å²) in [5.41, 5.74) is 2.77. The average molecular weight is 270 g/mol. The highest BCUT2D eigenvalue weighted by atomic mass is 15.3. The molecule has 0 amide bonds. The summed E-state index contributed by atoms with van der Waals surface area (Å²) < 4.78 is 2.11. The molecule has 3 rings (SSSR count). The molecule has 0 bridgehead atoms. The van der Waals surface area contributed by atoms with E-state index in [4.69, 9.17) is 5.10 Å². The summed E-state index contributed by atoms with van der Waals surface area (Å²) in [7, 11) is 0. The Morgan fingerprint density at radius 3 is 2.75 bits per heavy atom. The predicted molar refractivity (Wildman–Crippen MR) is 80.9 cm³/mol. The monoisotopic (exact) mass is 270 g/mol. The molecule has 20 heavy (non-hydrogen) atoms. The number of aromatic nitrogens is 3. The molecule has 1 aliphatic rings. The van der Waals surface area contributed by atoms with Gasteiger partial charge in [0, 0.05) is 30.9 Å². The van der Waals surface area contributed by atoms with Gasteiger partial charge >= 0.3 is 0 Å². The van der Waals surface area contributed by atoms with Gasteiger partial charge in [0.25, 0.3) is 0 Å². The molecule has 1 unspecified atom stereocenters. The summed E-state index contributed by atoms with van der Waals surface area (Å²) in [6.07, 6.45) is 4.73. The second-order valence-electron chi connectivity index (χ2n) is 6.80. The first-order valence-corrected chi connectivity index (χ1v) is 7.22. The van der Waals surface area contributed by atoms with E-state index in [1.54, 1.807) is 0 Å². The van der Waals surface area contributed by atoms with Gasteiger partial charge in [0.2, 0.25) is 0 Å². The van der Waals surface area contributed by atoms with Crippen LogP contribution >= 0.6 is 0 Å². The van der Waals surface area contributed by atoms with Crippen LogP contribution in [0, 0.1) is 5.41 Å². The van der Waals surface area contributed by atoms with Crippen LogP contribution in [0.2, 0.25) is 0 Å². The van der Waals surface area contributed by atoms with Crippen molar-refractivity contribution in [3.8, 4) is 0 Å². The molecule has 1 aliphatic heterocycles. The van der Waals surface area contributed by atoms with Crippen molar-refractivity contribution < 1.29 is 0 Å². The van der Waals surface area contributed by atoms with Crippen LogP contribution < -0.4 is 5.32 Å². The van der Waals surface area contributed by atoms with Crippen molar-refractivity contribution in [1.82, 2.24) is 14.8 Å². The molecule has 2 aromatic rings. The third-order valence-corrected chi connectivity index (χ3v) is 3.64. The summed E-state index contributed by atoms with van der Waals surface area (Å²) in [5.74, 6) is 1.61. The second kappa shape index (κ2) is 4.93. The maximum Gasteiger partial charge on any atom is 0.124 e. The molecule has 1 atom stereocenters. The summed E-state index contributed by atoms with van der Waals surface area (Å²) >= 11 is 0. The van der Waals surface area contributed by atoms with E-state index in [9.17, 15) is 0 Å². The highest BCUT2D eigenvalue weighted by molar-refractivity contribution is 5.40. The first kappa shape index (κ1) is 13.2. The topological polar surface area (TPSA) is 42.7 Å². The van der Waals surface area contributed by atoms with Gasteiger partial charge in [-0.2, -0.15) is 5.10 Å². The maximum atomic E-state index is 4.75. The fourth-order valence-corrected chi connectivity index (χ4v) is 2.74. The quantitative estimate of drug-likeness (QED) is 0.912. The fourth-order valence-electron chi connectivity index (χ4n) is 2.74. The van der Waals surface area contributed by atoms with Gasteiger partial charge in [-0.1, -0.05) is 20.8 Å². The zero-order chi connectivity index (χ0) is 14.2. The Balaban J connectivity index is 1.78. The summed E-state index contributed by atoms with van der Waals surface area (Å²) in [5, 5.41) is 8.25. The van der Waals surface area contributed by atoms with E-state index in [0.717, 1.165) is 25.3 Å². The van der Waals surface area contributed by atoms with E-state index in [1.807, 2.05) is 12.4 Å². The third-order valence-electron chi connectivity index (χ3n) is 3.64. The lowest BCUT2D eigenvalue weighted by Crippen LogP contribution is -2.26. The molecule has 106 valence electrons. The summed E-state index contributed by atoms with van der Waals surface area (Å²) in [6, 6.07) is 6.38. The van der Waals surface area contributed by atoms with Crippen molar-refractivity contribution in [2.75, 3.05) is 11.9 Å². The summed E-state index contributed by atoms with van der Waals surface area (Å²) in [6.45, 7) is 8.65. The molecule has 4 nitrogen and oxygen atoms in total. The molecule has 0 saturated heterocycles. The van der Waals surface area contributed by atoms with Gasteiger partial charge in [-0.3, -0.25) is 4.98 Å². The van der Waals surface area contributed by atoms with E-state index in [2.05, 4.69) is 54.0 Å². The minimum absolute atomic E-state index is 0.273. The van der Waals surface area contributed by atoms with E-state index < -0.39 is 0 Å². The first-order valence-electron chi connectivity index (χ1n) is 7.22. The zero-order valence-corrected chi connectivity index (χ0v) is 12.4. The van der Waals surface area contributed by atoms with Crippen molar-refractivity contribution in [1.29, 1.82) is 0 Å². The molecular weight excluding hydrogens is 248 g/mol. The van der Waals surface area contributed by atoms with Crippen molar-refractivity contribution in [3.63, 3.8) is 0 Å². The first-order chi connectivity index (χ1) is 9.51. The van der Waals surface area contributed by atoms with E-state index in [0.29, 0.717) is 5.92 Å². The largest absolute Gasteiger partial charge is 0.370 e. The SMILES string of the molecule is CC(C)(C)Cc1cc2n(n1)CC(c1ccncc1)CN2. The third kappa shape index (κ3) is 2.84. The van der Waals surface area contributed by atoms with Crippen LogP contribution in [-0.2, 0) is 13.0 Å². The van der Waals surface area contributed by atoms with Gasteiger partial charge in [-0.15, -0.1) is 0 Å². The Bertz CT molecular complexity index is 580. The highest BCUT2D eigenvalue weighted by Crippen LogP contribution is 2.27. The number of nitrogens with zero attached hydrogens (tertiary/aromatic N) is 3. The van der Waals surface area contributed by atoms with Crippen LogP contribution in [0.5, 0.6) is 0 Å². The molecule has 0 saturated carbocycles. The molecule has 0 aromatic carbocycles. The van der Waals surface area contributed by atoms with Gasteiger partial charge in [-0.05, 0) is 29.5 Å². The number of anilines is 1. The van der Waals surface area contributed by atoms with Crippen LogP contribution in [0.3, 0.4) is 0 Å². The standard InChI is InChI=1S/C16H22N4/c1-16(2,3)9-14-8-15-18-10-13(11-20(15)19-14)12-4-6-17-7-5-12/h4-8,13,18H,9-11H2,1-3H3. The Morgan fingerprint density at radius 1 is 1.30 bits per heavy atom. The normalized spacial score (nSPS) is 18.4. The number of hydrogen-bond acceptors (Lipinski definition) is 3. The predicted octanol–water partition coefficient (Wildman–Crippen LogP) is 3.08.